The summed E-state index contributed by atoms with van der Waals surface area (Å²) in [4.78, 5) is 35.0. The Hall–Kier alpha value is -1.89. The first-order valence-corrected chi connectivity index (χ1v) is 7.63. The van der Waals surface area contributed by atoms with Crippen LogP contribution < -0.4 is 5.32 Å². The van der Waals surface area contributed by atoms with E-state index in [1.54, 1.807) is 12.3 Å². The lowest BCUT2D eigenvalue weighted by Gasteiger charge is -2.14. The molecule has 0 aromatic carbocycles. The van der Waals surface area contributed by atoms with E-state index in [9.17, 15) is 14.4 Å². The molecule has 21 heavy (non-hydrogen) atoms. The molecule has 0 saturated carbocycles. The second-order valence-corrected chi connectivity index (χ2v) is 5.25. The molecule has 1 heterocycles. The van der Waals surface area contributed by atoms with E-state index in [0.717, 1.165) is 5.56 Å². The first-order chi connectivity index (χ1) is 9.99. The summed E-state index contributed by atoms with van der Waals surface area (Å²) in [5.74, 6) is -2.05. The summed E-state index contributed by atoms with van der Waals surface area (Å²) in [7, 11) is 0. The van der Waals surface area contributed by atoms with Crippen LogP contribution in [0.2, 0.25) is 0 Å². The summed E-state index contributed by atoms with van der Waals surface area (Å²) in [6.45, 7) is 3.85. The van der Waals surface area contributed by atoms with Crippen LogP contribution in [0.3, 0.4) is 0 Å². The van der Waals surface area contributed by atoms with Gasteiger partial charge in [-0.2, -0.15) is 0 Å². The molecule has 1 aromatic heterocycles. The fourth-order valence-electron chi connectivity index (χ4n) is 1.79. The van der Waals surface area contributed by atoms with Crippen molar-refractivity contribution in [2.24, 2.45) is 0 Å². The van der Waals surface area contributed by atoms with Crippen LogP contribution in [0.25, 0.3) is 0 Å². The smallest absolute Gasteiger partial charge is 0.326 e. The number of aliphatic carboxylic acids is 1. The predicted molar refractivity (Wildman–Crippen MR) is 78.5 cm³/mol. The van der Waals surface area contributed by atoms with Crippen molar-refractivity contribution >= 4 is 29.2 Å². The summed E-state index contributed by atoms with van der Waals surface area (Å²) in [5, 5.41) is 13.4. The van der Waals surface area contributed by atoms with Crippen molar-refractivity contribution in [3.05, 3.63) is 21.9 Å². The molecule has 1 atom stereocenters. The highest BCUT2D eigenvalue weighted by molar-refractivity contribution is 7.12. The van der Waals surface area contributed by atoms with Gasteiger partial charge in [0.2, 0.25) is 0 Å². The molecule has 6 nitrogen and oxygen atoms in total. The van der Waals surface area contributed by atoms with Crippen LogP contribution in [0, 0.1) is 0 Å². The van der Waals surface area contributed by atoms with Crippen molar-refractivity contribution in [3.63, 3.8) is 0 Å². The van der Waals surface area contributed by atoms with Gasteiger partial charge in [0.1, 0.15) is 6.04 Å². The van der Waals surface area contributed by atoms with Crippen molar-refractivity contribution < 1.29 is 24.2 Å². The molecular weight excluding hydrogens is 294 g/mol. The predicted octanol–water partition coefficient (Wildman–Crippen LogP) is 1.84. The van der Waals surface area contributed by atoms with Crippen molar-refractivity contribution in [3.8, 4) is 0 Å². The van der Waals surface area contributed by atoms with Gasteiger partial charge in [0, 0.05) is 6.42 Å². The fraction of sp³-hybridized carbons (Fsp3) is 0.500. The molecule has 0 radical (unpaired) electrons. The third-order valence-electron chi connectivity index (χ3n) is 2.88. The van der Waals surface area contributed by atoms with Crippen LogP contribution in [0.4, 0.5) is 0 Å². The number of rotatable bonds is 8. The van der Waals surface area contributed by atoms with Crippen LogP contribution in [0.15, 0.2) is 11.4 Å². The normalized spacial score (nSPS) is 11.7. The number of ether oxygens (including phenoxy) is 1. The first kappa shape index (κ1) is 17.2. The molecule has 1 rings (SSSR count). The number of hydrogen-bond acceptors (Lipinski definition) is 5. The van der Waals surface area contributed by atoms with Crippen molar-refractivity contribution in [2.45, 2.75) is 39.2 Å². The number of hydrogen-bond donors (Lipinski definition) is 2. The third kappa shape index (κ3) is 5.18. The molecule has 0 aliphatic carbocycles. The maximum atomic E-state index is 12.1. The van der Waals surface area contributed by atoms with Crippen molar-refractivity contribution in [1.29, 1.82) is 0 Å². The number of esters is 1. The van der Waals surface area contributed by atoms with Crippen LogP contribution in [0.1, 0.15) is 41.9 Å². The van der Waals surface area contributed by atoms with E-state index >= 15 is 0 Å². The second kappa shape index (κ2) is 8.41. The monoisotopic (exact) mass is 313 g/mol. The fourth-order valence-corrected chi connectivity index (χ4v) is 2.69. The highest BCUT2D eigenvalue weighted by atomic mass is 32.1. The topological polar surface area (TPSA) is 92.7 Å². The molecule has 0 unspecified atom stereocenters. The molecule has 0 bridgehead atoms. The van der Waals surface area contributed by atoms with E-state index < -0.39 is 23.9 Å². The molecule has 0 fully saturated rings. The van der Waals surface area contributed by atoms with Gasteiger partial charge in [0.15, 0.2) is 0 Å². The minimum absolute atomic E-state index is 0.00669. The van der Waals surface area contributed by atoms with Crippen molar-refractivity contribution in [2.75, 3.05) is 6.61 Å². The number of carboxylic acids is 1. The molecule has 1 amide bonds. The van der Waals surface area contributed by atoms with Gasteiger partial charge in [-0.1, -0.05) is 6.92 Å². The Kier molecular flexibility index (Phi) is 6.87. The Morgan fingerprint density at radius 3 is 2.67 bits per heavy atom. The minimum Gasteiger partial charge on any atom is -0.480 e. The van der Waals surface area contributed by atoms with E-state index in [4.69, 9.17) is 9.84 Å². The maximum Gasteiger partial charge on any atom is 0.326 e. The number of carbonyl (C=O) groups excluding carboxylic acids is 2. The lowest BCUT2D eigenvalue weighted by atomic mass is 10.1. The minimum atomic E-state index is -1.16. The lowest BCUT2D eigenvalue weighted by molar-refractivity contribution is -0.144. The van der Waals surface area contributed by atoms with Crippen molar-refractivity contribution in [1.82, 2.24) is 5.32 Å². The number of carboxylic acid groups (broad SMARTS) is 1. The van der Waals surface area contributed by atoms with E-state index in [2.05, 4.69) is 5.32 Å². The van der Waals surface area contributed by atoms with E-state index in [1.165, 1.54) is 11.3 Å². The highest BCUT2D eigenvalue weighted by Gasteiger charge is 2.23. The molecule has 1 aromatic rings. The van der Waals surface area contributed by atoms with Crippen LogP contribution in [0.5, 0.6) is 0 Å². The summed E-state index contributed by atoms with van der Waals surface area (Å²) < 4.78 is 4.74. The number of aryl methyl sites for hydroxylation is 1. The van der Waals surface area contributed by atoms with Crippen LogP contribution >= 0.6 is 11.3 Å². The molecule has 0 spiro atoms. The summed E-state index contributed by atoms with van der Waals surface area (Å²) >= 11 is 1.27. The average molecular weight is 313 g/mol. The summed E-state index contributed by atoms with van der Waals surface area (Å²) in [6.07, 6.45) is 0.662. The van der Waals surface area contributed by atoms with Gasteiger partial charge in [0.25, 0.3) is 5.91 Å². The van der Waals surface area contributed by atoms with Crippen LogP contribution in [-0.2, 0) is 20.7 Å². The summed E-state index contributed by atoms with van der Waals surface area (Å²) in [5.41, 5.74) is 0.882. The SMILES string of the molecule is CCOC(=O)CC[C@H](NC(=O)c1sccc1CC)C(=O)O. The molecule has 0 aliphatic rings. The Bertz CT molecular complexity index is 511. The Labute approximate surface area is 127 Å². The number of thiophene rings is 1. The van der Waals surface area contributed by atoms with Gasteiger partial charge in [-0.25, -0.2) is 4.79 Å². The molecule has 0 saturated heterocycles. The lowest BCUT2D eigenvalue weighted by Crippen LogP contribution is -2.41. The van der Waals surface area contributed by atoms with Gasteiger partial charge >= 0.3 is 11.9 Å². The molecule has 7 heteroatoms. The maximum absolute atomic E-state index is 12.1. The quantitative estimate of drug-likeness (QED) is 0.714. The first-order valence-electron chi connectivity index (χ1n) is 6.75. The van der Waals surface area contributed by atoms with Gasteiger partial charge in [-0.15, -0.1) is 11.3 Å². The summed E-state index contributed by atoms with van der Waals surface area (Å²) in [6, 6.07) is 0.738. The molecule has 0 aliphatic heterocycles. The molecule has 2 N–H and O–H groups in total. The van der Waals surface area contributed by atoms with Crippen LogP contribution in [-0.4, -0.2) is 35.6 Å². The average Bonchev–Trinajstić information content (AvgIpc) is 2.91. The Morgan fingerprint density at radius 1 is 1.38 bits per heavy atom. The van der Waals surface area contributed by atoms with E-state index in [-0.39, 0.29) is 19.4 Å². The second-order valence-electron chi connectivity index (χ2n) is 4.34. The van der Waals surface area contributed by atoms with Gasteiger partial charge in [-0.05, 0) is 36.8 Å². The van der Waals surface area contributed by atoms with Gasteiger partial charge < -0.3 is 15.2 Å². The molecular formula is C14H19NO5S. The molecule has 116 valence electrons. The number of carbonyl (C=O) groups is 3. The number of nitrogens with one attached hydrogen (secondary N) is 1. The largest absolute Gasteiger partial charge is 0.480 e. The van der Waals surface area contributed by atoms with E-state index in [1.807, 2.05) is 13.0 Å². The number of amides is 1. The highest BCUT2D eigenvalue weighted by Crippen LogP contribution is 2.17. The standard InChI is InChI=1S/C14H19NO5S/c1-3-9-7-8-21-12(9)13(17)15-10(14(18)19)5-6-11(16)20-4-2/h7-8,10H,3-6H2,1-2H3,(H,15,17)(H,18,19)/t10-/m0/s1. The zero-order chi connectivity index (χ0) is 15.8. The zero-order valence-corrected chi connectivity index (χ0v) is 12.9. The third-order valence-corrected chi connectivity index (χ3v) is 3.84. The Morgan fingerprint density at radius 2 is 2.10 bits per heavy atom. The van der Waals surface area contributed by atoms with E-state index in [0.29, 0.717) is 11.3 Å². The zero-order valence-electron chi connectivity index (χ0n) is 12.0. The Balaban J connectivity index is 2.64. The van der Waals surface area contributed by atoms with Gasteiger partial charge in [-0.3, -0.25) is 9.59 Å². The van der Waals surface area contributed by atoms with Gasteiger partial charge in [0.05, 0.1) is 11.5 Å².